The maximum Gasteiger partial charge on any atom is 0.408 e. The summed E-state index contributed by atoms with van der Waals surface area (Å²) in [4.78, 5) is 82.0. The van der Waals surface area contributed by atoms with Crippen LogP contribution in [0.5, 0.6) is 0 Å². The van der Waals surface area contributed by atoms with E-state index >= 15 is 0 Å². The normalized spacial score (nSPS) is 15.6. The molecule has 4 amide bonds. The number of carbonyl (C=O) groups is 6. The Morgan fingerprint density at radius 2 is 1.46 bits per heavy atom. The van der Waals surface area contributed by atoms with E-state index in [0.29, 0.717) is 16.8 Å². The number of rotatable bonds is 19. The number of benzene rings is 2. The lowest BCUT2D eigenvalue weighted by atomic mass is 10.0. The predicted molar refractivity (Wildman–Crippen MR) is 205 cm³/mol. The van der Waals surface area contributed by atoms with Crippen molar-refractivity contribution in [2.24, 2.45) is 5.92 Å². The van der Waals surface area contributed by atoms with Crippen molar-refractivity contribution in [3.8, 4) is 0 Å². The lowest BCUT2D eigenvalue weighted by Gasteiger charge is -2.27. The molecular formula is C38H46N6O12S. The molecule has 0 radical (unpaired) electrons. The molecule has 306 valence electrons. The third-order valence-electron chi connectivity index (χ3n) is 8.68. The van der Waals surface area contributed by atoms with Gasteiger partial charge in [0.2, 0.25) is 27.7 Å². The minimum absolute atomic E-state index is 0.0992. The fourth-order valence-corrected chi connectivity index (χ4v) is 6.92. The number of aromatic nitrogens is 1. The van der Waals surface area contributed by atoms with Crippen LogP contribution in [0.1, 0.15) is 37.9 Å². The van der Waals surface area contributed by atoms with E-state index in [4.69, 9.17) is 9.47 Å². The topological polar surface area (TPSA) is 260 Å². The number of para-hydroxylation sites is 1. The third kappa shape index (κ3) is 14.0. The minimum atomic E-state index is -3.97. The summed E-state index contributed by atoms with van der Waals surface area (Å²) in [5.74, 6) is -6.18. The summed E-state index contributed by atoms with van der Waals surface area (Å²) < 4.78 is 37.2. The third-order valence-corrected chi connectivity index (χ3v) is 10.3. The SMILES string of the molecule is CC(C)[C@H](NC(=O)[C@H](Cc1ccc2ccccc2n1)NC(=O)[C@H](CC(=O)O)NC(=O)OCc1ccccc1)C(=O)N[C@H](/C=C/S(=O)(=O)N1CCOCC1)CC(=O)O. The maximum atomic E-state index is 14.0. The summed E-state index contributed by atoms with van der Waals surface area (Å²) >= 11 is 0. The molecule has 3 aromatic rings. The van der Waals surface area contributed by atoms with Gasteiger partial charge < -0.3 is 41.0 Å². The molecule has 19 heteroatoms. The first-order valence-electron chi connectivity index (χ1n) is 18.0. The monoisotopic (exact) mass is 810 g/mol. The Morgan fingerprint density at radius 3 is 2.12 bits per heavy atom. The molecule has 4 atom stereocenters. The number of carbonyl (C=O) groups excluding carboxylic acids is 4. The van der Waals surface area contributed by atoms with Crippen LogP contribution in [-0.4, -0.2) is 114 Å². The standard InChI is InChI=1S/C38H46N6O12S/c1-24(2)34(37(51)40-28(21-32(45)46)14-19-57(53,54)44-15-17-55-18-16-44)43-36(50)30(20-27-13-12-26-10-6-7-11-29(26)39-27)41-35(49)31(22-33(47)48)42-38(52)56-23-25-8-4-3-5-9-25/h3-14,19,24,28,30-31,34H,15-18,20-23H2,1-2H3,(H,40,51)(H,41,49)(H,42,52)(H,43,50)(H,45,46)(H,47,48)/b19-14+/t28-,30+,31+,34+/m1/s1. The van der Waals surface area contributed by atoms with E-state index < -0.39 is 88.7 Å². The summed E-state index contributed by atoms with van der Waals surface area (Å²) in [6, 6.07) is 13.4. The van der Waals surface area contributed by atoms with Gasteiger partial charge in [-0.15, -0.1) is 0 Å². The van der Waals surface area contributed by atoms with Crippen LogP contribution in [0.25, 0.3) is 10.9 Å². The first-order valence-corrected chi connectivity index (χ1v) is 19.5. The van der Waals surface area contributed by atoms with Crippen molar-refractivity contribution < 1.29 is 56.9 Å². The van der Waals surface area contributed by atoms with Crippen molar-refractivity contribution in [1.29, 1.82) is 0 Å². The zero-order valence-corrected chi connectivity index (χ0v) is 32.1. The number of alkyl carbamates (subject to hydrolysis) is 1. The number of carboxylic acid groups (broad SMARTS) is 2. The van der Waals surface area contributed by atoms with Gasteiger partial charge in [-0.2, -0.15) is 4.31 Å². The molecule has 1 aliphatic rings. The largest absolute Gasteiger partial charge is 0.481 e. The number of nitrogens with zero attached hydrogens (tertiary/aromatic N) is 2. The number of morpholine rings is 1. The van der Waals surface area contributed by atoms with Gasteiger partial charge in [0.05, 0.1) is 37.6 Å². The van der Waals surface area contributed by atoms with Crippen LogP contribution in [0.4, 0.5) is 4.79 Å². The number of hydrogen-bond donors (Lipinski definition) is 6. The van der Waals surface area contributed by atoms with Gasteiger partial charge in [-0.05, 0) is 29.7 Å². The molecule has 0 saturated carbocycles. The summed E-state index contributed by atoms with van der Waals surface area (Å²) in [6.07, 6.45) is -1.83. The van der Waals surface area contributed by atoms with Crippen LogP contribution in [0, 0.1) is 5.92 Å². The van der Waals surface area contributed by atoms with Crippen LogP contribution >= 0.6 is 0 Å². The predicted octanol–water partition coefficient (Wildman–Crippen LogP) is 1.31. The molecule has 2 aromatic carbocycles. The van der Waals surface area contributed by atoms with E-state index in [9.17, 15) is 47.4 Å². The Labute approximate surface area is 329 Å². The molecule has 2 heterocycles. The van der Waals surface area contributed by atoms with Crippen LogP contribution in [0.3, 0.4) is 0 Å². The highest BCUT2D eigenvalue weighted by molar-refractivity contribution is 7.92. The Bertz CT molecular complexity index is 2040. The number of aliphatic carboxylic acids is 2. The van der Waals surface area contributed by atoms with E-state index in [2.05, 4.69) is 26.3 Å². The number of nitrogens with one attached hydrogen (secondary N) is 4. The van der Waals surface area contributed by atoms with Crippen molar-refractivity contribution in [2.45, 2.75) is 63.9 Å². The first kappa shape index (κ1) is 43.8. The van der Waals surface area contributed by atoms with Crippen molar-refractivity contribution in [3.05, 3.63) is 89.5 Å². The van der Waals surface area contributed by atoms with Crippen LogP contribution in [0.15, 0.2) is 78.2 Å². The summed E-state index contributed by atoms with van der Waals surface area (Å²) in [6.45, 7) is 3.61. The summed E-state index contributed by atoms with van der Waals surface area (Å²) in [5.41, 5.74) is 1.57. The van der Waals surface area contributed by atoms with Crippen LogP contribution in [-0.2, 0) is 56.5 Å². The number of fused-ring (bicyclic) bond motifs is 1. The number of hydrogen-bond acceptors (Lipinski definition) is 11. The Morgan fingerprint density at radius 1 is 0.807 bits per heavy atom. The number of ether oxygens (including phenoxy) is 2. The van der Waals surface area contributed by atoms with E-state index in [1.165, 1.54) is 0 Å². The second kappa shape index (κ2) is 20.8. The molecule has 0 bridgehead atoms. The van der Waals surface area contributed by atoms with Gasteiger partial charge in [-0.3, -0.25) is 29.0 Å². The Kier molecular flexibility index (Phi) is 16.0. The molecular weight excluding hydrogens is 765 g/mol. The molecule has 1 aliphatic heterocycles. The van der Waals surface area contributed by atoms with Gasteiger partial charge in [0, 0.05) is 36.0 Å². The van der Waals surface area contributed by atoms with Crippen molar-refractivity contribution >= 4 is 56.7 Å². The Balaban J connectivity index is 1.55. The van der Waals surface area contributed by atoms with Gasteiger partial charge in [0.1, 0.15) is 24.7 Å². The lowest BCUT2D eigenvalue weighted by Crippen LogP contribution is -2.59. The smallest absolute Gasteiger partial charge is 0.408 e. The number of carboxylic acids is 2. The van der Waals surface area contributed by atoms with E-state index in [1.54, 1.807) is 68.4 Å². The van der Waals surface area contributed by atoms with Gasteiger partial charge in [-0.25, -0.2) is 13.2 Å². The molecule has 0 unspecified atom stereocenters. The molecule has 1 saturated heterocycles. The first-order chi connectivity index (χ1) is 27.1. The molecule has 6 N–H and O–H groups in total. The second-order valence-corrected chi connectivity index (χ2v) is 15.3. The van der Waals surface area contributed by atoms with Crippen molar-refractivity contribution in [1.82, 2.24) is 30.6 Å². The van der Waals surface area contributed by atoms with Gasteiger partial charge in [-0.1, -0.05) is 68.4 Å². The summed E-state index contributed by atoms with van der Waals surface area (Å²) in [7, 11) is -3.97. The summed E-state index contributed by atoms with van der Waals surface area (Å²) in [5, 5.41) is 30.5. The number of sulfonamides is 1. The second-order valence-electron chi connectivity index (χ2n) is 13.4. The average molecular weight is 811 g/mol. The fourth-order valence-electron chi connectivity index (χ4n) is 5.70. The van der Waals surface area contributed by atoms with Crippen molar-refractivity contribution in [2.75, 3.05) is 26.3 Å². The van der Waals surface area contributed by atoms with E-state index in [1.807, 2.05) is 12.1 Å². The zero-order chi connectivity index (χ0) is 41.5. The molecule has 0 spiro atoms. The molecule has 57 heavy (non-hydrogen) atoms. The lowest BCUT2D eigenvalue weighted by molar-refractivity contribution is -0.140. The van der Waals surface area contributed by atoms with E-state index in [-0.39, 0.29) is 39.3 Å². The zero-order valence-electron chi connectivity index (χ0n) is 31.3. The molecule has 0 aliphatic carbocycles. The number of pyridine rings is 1. The molecule has 1 fully saturated rings. The fraction of sp³-hybridized carbons (Fsp3) is 0.395. The highest BCUT2D eigenvalue weighted by Gasteiger charge is 2.33. The number of amides is 4. The molecule has 18 nitrogen and oxygen atoms in total. The molecule has 4 rings (SSSR count). The quantitative estimate of drug-likeness (QED) is 0.1000. The highest BCUT2D eigenvalue weighted by Crippen LogP contribution is 2.15. The van der Waals surface area contributed by atoms with Crippen LogP contribution in [0.2, 0.25) is 0 Å². The average Bonchev–Trinajstić information content (AvgIpc) is 3.17. The maximum absolute atomic E-state index is 14.0. The van der Waals surface area contributed by atoms with Crippen LogP contribution < -0.4 is 21.3 Å². The van der Waals surface area contributed by atoms with Gasteiger partial charge >= 0.3 is 18.0 Å². The van der Waals surface area contributed by atoms with E-state index in [0.717, 1.165) is 21.2 Å². The van der Waals surface area contributed by atoms with Gasteiger partial charge in [0.15, 0.2) is 0 Å². The van der Waals surface area contributed by atoms with Crippen molar-refractivity contribution in [3.63, 3.8) is 0 Å². The Hall–Kier alpha value is -5.92. The minimum Gasteiger partial charge on any atom is -0.481 e. The molecule has 1 aromatic heterocycles. The van der Waals surface area contributed by atoms with Gasteiger partial charge in [0.25, 0.3) is 0 Å². The highest BCUT2D eigenvalue weighted by atomic mass is 32.2.